The third-order valence-corrected chi connectivity index (χ3v) is 2.25. The molecule has 0 amide bonds. The van der Waals surface area contributed by atoms with Crippen molar-refractivity contribution in [3.8, 4) is 22.9 Å². The summed E-state index contributed by atoms with van der Waals surface area (Å²) in [7, 11) is 1.39. The summed E-state index contributed by atoms with van der Waals surface area (Å²) in [6, 6.07) is 4.76. The van der Waals surface area contributed by atoms with Crippen molar-refractivity contribution < 1.29 is 14.9 Å². The minimum atomic E-state index is 0.0227. The lowest BCUT2D eigenvalue weighted by Crippen LogP contribution is -1.99. The monoisotopic (exact) mass is 247 g/mol. The van der Waals surface area contributed by atoms with Gasteiger partial charge in [-0.25, -0.2) is 15.0 Å². The Bertz CT molecular complexity index is 552. The van der Waals surface area contributed by atoms with Crippen LogP contribution >= 0.6 is 0 Å². The van der Waals surface area contributed by atoms with Crippen molar-refractivity contribution in [2.24, 2.45) is 0 Å². The van der Waals surface area contributed by atoms with Crippen molar-refractivity contribution in [1.82, 2.24) is 15.0 Å². The Morgan fingerprint density at radius 1 is 1.06 bits per heavy atom. The van der Waals surface area contributed by atoms with E-state index in [9.17, 15) is 5.11 Å². The fourth-order valence-corrected chi connectivity index (χ4v) is 1.58. The summed E-state index contributed by atoms with van der Waals surface area (Å²) in [6.45, 7) is 3.55. The van der Waals surface area contributed by atoms with Gasteiger partial charge < -0.3 is 9.99 Å². The van der Waals surface area contributed by atoms with E-state index >= 15 is 0 Å². The molecule has 18 heavy (non-hydrogen) atoms. The molecule has 0 fully saturated rings. The summed E-state index contributed by atoms with van der Waals surface area (Å²) in [6.07, 6.45) is 0. The largest absolute Gasteiger partial charge is 0.507 e. The molecule has 2 aromatic rings. The zero-order valence-corrected chi connectivity index (χ0v) is 10.3. The van der Waals surface area contributed by atoms with E-state index in [2.05, 4.69) is 19.8 Å². The van der Waals surface area contributed by atoms with Crippen LogP contribution in [0.15, 0.2) is 18.2 Å². The van der Waals surface area contributed by atoms with E-state index in [-0.39, 0.29) is 5.75 Å². The molecule has 0 atom stereocenters. The molecule has 0 aliphatic rings. The number of benzene rings is 1. The van der Waals surface area contributed by atoms with Crippen LogP contribution in [0.2, 0.25) is 0 Å². The lowest BCUT2D eigenvalue weighted by Gasteiger charge is -2.06. The van der Waals surface area contributed by atoms with Gasteiger partial charge in [-0.2, -0.15) is 4.89 Å². The van der Waals surface area contributed by atoms with Gasteiger partial charge in [0.2, 0.25) is 0 Å². The van der Waals surface area contributed by atoms with Gasteiger partial charge in [0.1, 0.15) is 17.4 Å². The Kier molecular flexibility index (Phi) is 3.38. The molecule has 2 rings (SSSR count). The van der Waals surface area contributed by atoms with Gasteiger partial charge in [0.15, 0.2) is 11.6 Å². The van der Waals surface area contributed by atoms with Crippen LogP contribution in [0, 0.1) is 13.8 Å². The molecule has 0 aliphatic carbocycles. The summed E-state index contributed by atoms with van der Waals surface area (Å²) < 4.78 is 0. The van der Waals surface area contributed by atoms with E-state index in [0.29, 0.717) is 28.8 Å². The van der Waals surface area contributed by atoms with Gasteiger partial charge in [0.05, 0.1) is 12.7 Å². The summed E-state index contributed by atoms with van der Waals surface area (Å²) >= 11 is 0. The van der Waals surface area contributed by atoms with E-state index in [1.165, 1.54) is 13.2 Å². The molecular formula is C12H13N3O3. The number of hydrogen-bond acceptors (Lipinski definition) is 6. The molecule has 0 spiro atoms. The molecule has 6 nitrogen and oxygen atoms in total. The first-order valence-electron chi connectivity index (χ1n) is 5.33. The highest BCUT2D eigenvalue weighted by atomic mass is 17.2. The van der Waals surface area contributed by atoms with Crippen LogP contribution in [0.4, 0.5) is 0 Å². The van der Waals surface area contributed by atoms with E-state index in [1.807, 2.05) is 0 Å². The zero-order chi connectivity index (χ0) is 13.1. The lowest BCUT2D eigenvalue weighted by molar-refractivity contribution is -0.178. The standard InChI is InChI=1S/C12H13N3O3/c1-7-13-8(2)15-12(14-7)10-5-4-9(18-17-3)6-11(10)16/h4-6,16H,1-3H3. The predicted octanol–water partition coefficient (Wildman–Crippen LogP) is 1.80. The third-order valence-electron chi connectivity index (χ3n) is 2.25. The average Bonchev–Trinajstić information content (AvgIpc) is 2.28. The van der Waals surface area contributed by atoms with E-state index in [1.54, 1.807) is 26.0 Å². The predicted molar refractivity (Wildman–Crippen MR) is 64.0 cm³/mol. The Labute approximate surface area is 104 Å². The van der Waals surface area contributed by atoms with Crippen LogP contribution in [0.3, 0.4) is 0 Å². The van der Waals surface area contributed by atoms with Gasteiger partial charge in [0.25, 0.3) is 0 Å². The maximum absolute atomic E-state index is 9.92. The molecule has 94 valence electrons. The minimum absolute atomic E-state index is 0.0227. The minimum Gasteiger partial charge on any atom is -0.507 e. The van der Waals surface area contributed by atoms with Crippen LogP contribution in [-0.4, -0.2) is 27.2 Å². The fourth-order valence-electron chi connectivity index (χ4n) is 1.58. The van der Waals surface area contributed by atoms with Crippen molar-refractivity contribution in [1.29, 1.82) is 0 Å². The Hall–Kier alpha value is -2.21. The van der Waals surface area contributed by atoms with Crippen molar-refractivity contribution in [3.05, 3.63) is 29.8 Å². The Morgan fingerprint density at radius 2 is 1.72 bits per heavy atom. The number of aryl methyl sites for hydroxylation is 2. The van der Waals surface area contributed by atoms with Gasteiger partial charge in [-0.1, -0.05) is 0 Å². The van der Waals surface area contributed by atoms with Crippen molar-refractivity contribution >= 4 is 0 Å². The number of phenols is 1. The molecule has 1 heterocycles. The second kappa shape index (κ2) is 4.97. The maximum atomic E-state index is 9.92. The maximum Gasteiger partial charge on any atom is 0.169 e. The summed E-state index contributed by atoms with van der Waals surface area (Å²) in [5.41, 5.74) is 0.520. The topological polar surface area (TPSA) is 77.4 Å². The Balaban J connectivity index is 2.44. The number of phenolic OH excluding ortho intramolecular Hbond substituents is 1. The number of rotatable bonds is 3. The Morgan fingerprint density at radius 3 is 2.28 bits per heavy atom. The van der Waals surface area contributed by atoms with Crippen molar-refractivity contribution in [2.45, 2.75) is 13.8 Å². The highest BCUT2D eigenvalue weighted by Crippen LogP contribution is 2.30. The van der Waals surface area contributed by atoms with Gasteiger partial charge in [0, 0.05) is 6.07 Å². The van der Waals surface area contributed by atoms with Crippen LogP contribution < -0.4 is 4.89 Å². The SMILES string of the molecule is COOc1ccc(-c2nc(C)nc(C)n2)c(O)c1. The highest BCUT2D eigenvalue weighted by molar-refractivity contribution is 5.65. The second-order valence-corrected chi connectivity index (χ2v) is 3.68. The molecule has 0 bridgehead atoms. The van der Waals surface area contributed by atoms with Gasteiger partial charge >= 0.3 is 0 Å². The number of nitrogens with zero attached hydrogens (tertiary/aromatic N) is 3. The zero-order valence-electron chi connectivity index (χ0n) is 10.3. The third kappa shape index (κ3) is 2.54. The van der Waals surface area contributed by atoms with Crippen LogP contribution in [0.25, 0.3) is 11.4 Å². The summed E-state index contributed by atoms with van der Waals surface area (Å²) in [4.78, 5) is 21.8. The smallest absolute Gasteiger partial charge is 0.169 e. The molecular weight excluding hydrogens is 234 g/mol. The molecule has 0 unspecified atom stereocenters. The average molecular weight is 247 g/mol. The normalized spacial score (nSPS) is 10.4. The fraction of sp³-hybridized carbons (Fsp3) is 0.250. The van der Waals surface area contributed by atoms with E-state index in [4.69, 9.17) is 4.89 Å². The molecule has 0 aliphatic heterocycles. The molecule has 0 saturated carbocycles. The lowest BCUT2D eigenvalue weighted by atomic mass is 10.2. The van der Waals surface area contributed by atoms with Crippen molar-refractivity contribution in [3.63, 3.8) is 0 Å². The number of aromatic nitrogens is 3. The highest BCUT2D eigenvalue weighted by Gasteiger charge is 2.10. The van der Waals surface area contributed by atoms with Crippen LogP contribution in [-0.2, 0) is 4.89 Å². The molecule has 0 radical (unpaired) electrons. The molecule has 0 saturated heterocycles. The quantitative estimate of drug-likeness (QED) is 0.658. The van der Waals surface area contributed by atoms with E-state index in [0.717, 1.165) is 0 Å². The second-order valence-electron chi connectivity index (χ2n) is 3.68. The molecule has 1 N–H and O–H groups in total. The van der Waals surface area contributed by atoms with Crippen molar-refractivity contribution in [2.75, 3.05) is 7.11 Å². The van der Waals surface area contributed by atoms with Gasteiger partial charge in [-0.05, 0) is 26.0 Å². The first-order chi connectivity index (χ1) is 8.60. The molecule has 6 heteroatoms. The molecule has 1 aromatic carbocycles. The number of hydrogen-bond donors (Lipinski definition) is 1. The van der Waals surface area contributed by atoms with Crippen LogP contribution in [0.1, 0.15) is 11.6 Å². The van der Waals surface area contributed by atoms with Gasteiger partial charge in [-0.15, -0.1) is 0 Å². The van der Waals surface area contributed by atoms with Crippen LogP contribution in [0.5, 0.6) is 11.5 Å². The van der Waals surface area contributed by atoms with E-state index < -0.39 is 0 Å². The summed E-state index contributed by atoms with van der Waals surface area (Å²) in [5.74, 6) is 2.07. The first-order valence-corrected chi connectivity index (χ1v) is 5.33. The van der Waals surface area contributed by atoms with Gasteiger partial charge in [-0.3, -0.25) is 0 Å². The summed E-state index contributed by atoms with van der Waals surface area (Å²) in [5, 5.41) is 9.92. The first kappa shape index (κ1) is 12.3. The number of aromatic hydroxyl groups is 1. The molecule has 1 aromatic heterocycles.